The van der Waals surface area contributed by atoms with E-state index in [9.17, 15) is 4.79 Å². The molecule has 0 saturated heterocycles. The molecule has 1 aliphatic heterocycles. The third-order valence-electron chi connectivity index (χ3n) is 5.00. The highest BCUT2D eigenvalue weighted by Crippen LogP contribution is 2.29. The summed E-state index contributed by atoms with van der Waals surface area (Å²) in [7, 11) is 0. The molecule has 3 N–H and O–H groups in total. The second kappa shape index (κ2) is 8.55. The summed E-state index contributed by atoms with van der Waals surface area (Å²) in [4.78, 5) is 17.0. The van der Waals surface area contributed by atoms with E-state index in [1.807, 2.05) is 66.7 Å². The molecule has 1 aliphatic rings. The molecular formula is C23H21N5O. The topological polar surface area (TPSA) is 89.8 Å². The van der Waals surface area contributed by atoms with Crippen LogP contribution in [0.15, 0.2) is 72.9 Å². The van der Waals surface area contributed by atoms with Gasteiger partial charge in [-0.25, -0.2) is 4.98 Å². The molecule has 4 rings (SSSR count). The van der Waals surface area contributed by atoms with Gasteiger partial charge in [-0.2, -0.15) is 5.26 Å². The van der Waals surface area contributed by atoms with Crippen LogP contribution in [0.1, 0.15) is 22.7 Å². The molecule has 0 saturated carbocycles. The molecule has 2 atom stereocenters. The van der Waals surface area contributed by atoms with Crippen molar-refractivity contribution in [1.82, 2.24) is 10.3 Å². The summed E-state index contributed by atoms with van der Waals surface area (Å²) in [5, 5.41) is 18.7. The predicted octanol–water partition coefficient (Wildman–Crippen LogP) is 3.26. The zero-order valence-electron chi connectivity index (χ0n) is 15.8. The first kappa shape index (κ1) is 18.7. The van der Waals surface area contributed by atoms with E-state index in [1.54, 1.807) is 6.20 Å². The lowest BCUT2D eigenvalue weighted by molar-refractivity contribution is -0.117. The minimum Gasteiger partial charge on any atom is -0.369 e. The largest absolute Gasteiger partial charge is 0.369 e. The van der Waals surface area contributed by atoms with Gasteiger partial charge in [0.2, 0.25) is 5.91 Å². The number of fused-ring (bicyclic) bond motifs is 1. The van der Waals surface area contributed by atoms with Crippen molar-refractivity contribution in [2.45, 2.75) is 18.5 Å². The van der Waals surface area contributed by atoms with Crippen LogP contribution in [-0.2, 0) is 11.2 Å². The van der Waals surface area contributed by atoms with Gasteiger partial charge in [-0.3, -0.25) is 4.79 Å². The van der Waals surface area contributed by atoms with Gasteiger partial charge in [0.05, 0.1) is 23.4 Å². The molecule has 144 valence electrons. The maximum Gasteiger partial charge on any atom is 0.250 e. The number of hydrogen-bond acceptors (Lipinski definition) is 5. The highest BCUT2D eigenvalue weighted by atomic mass is 16.2. The maximum absolute atomic E-state index is 12.8. The molecule has 3 aromatic rings. The summed E-state index contributed by atoms with van der Waals surface area (Å²) >= 11 is 0. The molecule has 6 nitrogen and oxygen atoms in total. The summed E-state index contributed by atoms with van der Waals surface area (Å²) in [6.07, 6.45) is 2.45. The van der Waals surface area contributed by atoms with Crippen LogP contribution in [-0.4, -0.2) is 23.5 Å². The summed E-state index contributed by atoms with van der Waals surface area (Å²) in [5.74, 6) is 0.439. The molecule has 6 heteroatoms. The summed E-state index contributed by atoms with van der Waals surface area (Å²) in [5.41, 5.74) is 3.64. The van der Waals surface area contributed by atoms with Crippen LogP contribution in [0.5, 0.6) is 0 Å². The number of rotatable bonds is 6. The van der Waals surface area contributed by atoms with E-state index in [4.69, 9.17) is 5.26 Å². The number of carbonyl (C=O) groups is 1. The zero-order chi connectivity index (χ0) is 20.1. The Kier molecular flexibility index (Phi) is 5.50. The maximum atomic E-state index is 12.8. The van der Waals surface area contributed by atoms with E-state index in [-0.39, 0.29) is 11.9 Å². The van der Waals surface area contributed by atoms with Gasteiger partial charge >= 0.3 is 0 Å². The molecule has 0 aliphatic carbocycles. The second-order valence-corrected chi connectivity index (χ2v) is 6.91. The minimum absolute atomic E-state index is 0.115. The Morgan fingerprint density at radius 1 is 1.07 bits per heavy atom. The van der Waals surface area contributed by atoms with E-state index in [1.165, 1.54) is 0 Å². The van der Waals surface area contributed by atoms with Crippen molar-refractivity contribution in [3.63, 3.8) is 0 Å². The van der Waals surface area contributed by atoms with Crippen molar-refractivity contribution in [3.8, 4) is 6.07 Å². The molecule has 0 bridgehead atoms. The standard InChI is InChI=1S/C23H21N5O/c24-15-17-10-8-16(9-11-17)12-14-25-20(18-5-2-1-3-6-18)21-23(29)28-22-19(27-21)7-4-13-26-22/h1-11,13,20-21,25,27H,12,14H2,(H,26,28,29)/t20-,21-/m1/s1. The van der Waals surface area contributed by atoms with Gasteiger partial charge in [0, 0.05) is 6.20 Å². The highest BCUT2D eigenvalue weighted by Gasteiger charge is 2.33. The summed E-state index contributed by atoms with van der Waals surface area (Å²) in [6, 6.07) is 22.7. The molecule has 0 radical (unpaired) electrons. The average molecular weight is 383 g/mol. The van der Waals surface area contributed by atoms with Gasteiger partial charge in [-0.05, 0) is 48.4 Å². The fourth-order valence-corrected chi connectivity index (χ4v) is 3.49. The van der Waals surface area contributed by atoms with Crippen molar-refractivity contribution in [2.75, 3.05) is 17.2 Å². The monoisotopic (exact) mass is 383 g/mol. The molecular weight excluding hydrogens is 362 g/mol. The molecule has 0 unspecified atom stereocenters. The lowest BCUT2D eigenvalue weighted by Crippen LogP contribution is -2.48. The molecule has 0 spiro atoms. The van der Waals surface area contributed by atoms with Crippen LogP contribution in [0.2, 0.25) is 0 Å². The SMILES string of the molecule is N#Cc1ccc(CCN[C@H](c2ccccc2)[C@H]2Nc3cccnc3NC2=O)cc1. The van der Waals surface area contributed by atoms with E-state index < -0.39 is 6.04 Å². The summed E-state index contributed by atoms with van der Waals surface area (Å²) in [6.45, 7) is 0.691. The number of carbonyl (C=O) groups excluding carboxylic acids is 1. The van der Waals surface area contributed by atoms with E-state index in [0.717, 1.165) is 23.2 Å². The first-order valence-corrected chi connectivity index (χ1v) is 9.54. The van der Waals surface area contributed by atoms with Gasteiger partial charge in [0.1, 0.15) is 6.04 Å². The van der Waals surface area contributed by atoms with Crippen LogP contribution in [0, 0.1) is 11.3 Å². The third-order valence-corrected chi connectivity index (χ3v) is 5.00. The van der Waals surface area contributed by atoms with Gasteiger partial charge in [-0.15, -0.1) is 0 Å². The fraction of sp³-hybridized carbons (Fsp3) is 0.174. The van der Waals surface area contributed by atoms with Crippen LogP contribution >= 0.6 is 0 Å². The lowest BCUT2D eigenvalue weighted by Gasteiger charge is -2.33. The number of pyridine rings is 1. The lowest BCUT2D eigenvalue weighted by atomic mass is 9.96. The van der Waals surface area contributed by atoms with Gasteiger partial charge in [0.25, 0.3) is 0 Å². The minimum atomic E-state index is -0.463. The van der Waals surface area contributed by atoms with Gasteiger partial charge < -0.3 is 16.0 Å². The Hall–Kier alpha value is -3.69. The van der Waals surface area contributed by atoms with Crippen LogP contribution < -0.4 is 16.0 Å². The number of nitrogens with zero attached hydrogens (tertiary/aromatic N) is 2. The smallest absolute Gasteiger partial charge is 0.250 e. The Labute approximate surface area is 169 Å². The van der Waals surface area contributed by atoms with Crippen molar-refractivity contribution >= 4 is 17.4 Å². The second-order valence-electron chi connectivity index (χ2n) is 6.91. The summed E-state index contributed by atoms with van der Waals surface area (Å²) < 4.78 is 0. The zero-order valence-corrected chi connectivity index (χ0v) is 15.8. The highest BCUT2D eigenvalue weighted by molar-refractivity contribution is 6.02. The van der Waals surface area contributed by atoms with E-state index in [2.05, 4.69) is 27.0 Å². The molecule has 29 heavy (non-hydrogen) atoms. The van der Waals surface area contributed by atoms with Crippen molar-refractivity contribution in [1.29, 1.82) is 5.26 Å². The van der Waals surface area contributed by atoms with Gasteiger partial charge in [0.15, 0.2) is 5.82 Å². The van der Waals surface area contributed by atoms with Crippen molar-refractivity contribution in [3.05, 3.63) is 89.6 Å². The van der Waals surface area contributed by atoms with Crippen LogP contribution in [0.25, 0.3) is 0 Å². The Bertz CT molecular complexity index is 1030. The predicted molar refractivity (Wildman–Crippen MR) is 112 cm³/mol. The number of nitriles is 1. The Morgan fingerprint density at radius 3 is 2.62 bits per heavy atom. The average Bonchev–Trinajstić information content (AvgIpc) is 2.77. The Morgan fingerprint density at radius 2 is 1.86 bits per heavy atom. The number of nitrogens with one attached hydrogen (secondary N) is 3. The Balaban J connectivity index is 1.51. The number of benzene rings is 2. The number of anilines is 2. The van der Waals surface area contributed by atoms with Crippen molar-refractivity contribution < 1.29 is 4.79 Å². The number of aromatic nitrogens is 1. The first-order chi connectivity index (χ1) is 14.2. The van der Waals surface area contributed by atoms with Gasteiger partial charge in [-0.1, -0.05) is 42.5 Å². The molecule has 1 amide bonds. The number of hydrogen-bond donors (Lipinski definition) is 3. The van der Waals surface area contributed by atoms with E-state index in [0.29, 0.717) is 17.9 Å². The third kappa shape index (κ3) is 4.26. The normalized spacial score (nSPS) is 16.1. The molecule has 2 aromatic carbocycles. The van der Waals surface area contributed by atoms with Crippen LogP contribution in [0.4, 0.5) is 11.5 Å². The molecule has 0 fully saturated rings. The molecule has 1 aromatic heterocycles. The number of amides is 1. The molecule has 2 heterocycles. The first-order valence-electron chi connectivity index (χ1n) is 9.54. The fourth-order valence-electron chi connectivity index (χ4n) is 3.49. The van der Waals surface area contributed by atoms with E-state index >= 15 is 0 Å². The van der Waals surface area contributed by atoms with Crippen LogP contribution in [0.3, 0.4) is 0 Å². The quantitative estimate of drug-likeness (QED) is 0.608. The van der Waals surface area contributed by atoms with Crippen molar-refractivity contribution in [2.24, 2.45) is 0 Å².